The van der Waals surface area contributed by atoms with E-state index in [0.717, 1.165) is 16.0 Å². The largest absolute Gasteiger partial charge is 0.419 e. The van der Waals surface area contributed by atoms with Gasteiger partial charge in [-0.2, -0.15) is 31.6 Å². The van der Waals surface area contributed by atoms with Gasteiger partial charge in [-0.05, 0) is 81.9 Å². The van der Waals surface area contributed by atoms with Gasteiger partial charge in [0.15, 0.2) is 10.8 Å². The number of thiocarbonyl (C=S) groups is 1. The van der Waals surface area contributed by atoms with E-state index in [9.17, 15) is 45.5 Å². The maximum absolute atomic E-state index is 14.3. The highest BCUT2D eigenvalue weighted by Gasteiger charge is 2.53. The monoisotopic (exact) mass is 837 g/mol. The molecule has 0 bridgehead atoms. The highest BCUT2D eigenvalue weighted by atomic mass is 32.1. The fourth-order valence-electron chi connectivity index (χ4n) is 8.04. The molecule has 5 heterocycles. The van der Waals surface area contributed by atoms with Crippen molar-refractivity contribution in [3.8, 4) is 6.07 Å². The van der Waals surface area contributed by atoms with Gasteiger partial charge in [-0.1, -0.05) is 0 Å². The lowest BCUT2D eigenvalue weighted by atomic mass is 9.89. The fourth-order valence-corrected chi connectivity index (χ4v) is 8.61. The van der Waals surface area contributed by atoms with Crippen molar-refractivity contribution in [1.29, 1.82) is 5.26 Å². The average molecular weight is 838 g/mol. The quantitative estimate of drug-likeness (QED) is 0.200. The van der Waals surface area contributed by atoms with Crippen LogP contribution in [0.1, 0.15) is 75.1 Å². The highest BCUT2D eigenvalue weighted by molar-refractivity contribution is 7.80. The van der Waals surface area contributed by atoms with Crippen molar-refractivity contribution in [3.63, 3.8) is 0 Å². The number of amides is 4. The van der Waals surface area contributed by atoms with Crippen molar-refractivity contribution in [1.82, 2.24) is 30.0 Å². The minimum absolute atomic E-state index is 0.0190. The van der Waals surface area contributed by atoms with Crippen molar-refractivity contribution in [2.45, 2.75) is 94.4 Å². The predicted molar refractivity (Wildman–Crippen MR) is 198 cm³/mol. The predicted octanol–water partition coefficient (Wildman–Crippen LogP) is 4.11. The lowest BCUT2D eigenvalue weighted by Gasteiger charge is -2.42. The number of halogens is 6. The highest BCUT2D eigenvalue weighted by Crippen LogP contribution is 2.40. The van der Waals surface area contributed by atoms with E-state index in [1.807, 2.05) is 0 Å². The molecule has 2 aromatic heterocycles. The molecule has 2 N–H and O–H groups in total. The zero-order valence-electron chi connectivity index (χ0n) is 31.5. The van der Waals surface area contributed by atoms with E-state index < -0.39 is 65.4 Å². The second-order valence-electron chi connectivity index (χ2n) is 15.2. The van der Waals surface area contributed by atoms with Crippen LogP contribution in [0.5, 0.6) is 0 Å². The van der Waals surface area contributed by atoms with Crippen LogP contribution in [-0.2, 0) is 30.1 Å². The van der Waals surface area contributed by atoms with Gasteiger partial charge >= 0.3 is 12.4 Å². The first-order valence-electron chi connectivity index (χ1n) is 18.7. The van der Waals surface area contributed by atoms with E-state index in [1.54, 1.807) is 29.7 Å². The number of anilines is 2. The molecule has 4 fully saturated rings. The SMILES string of the molecule is CC1(C)C(=O)N(c2cnc(C#N)c(C(F)(F)F)c2)C(=S)N1[C@H]1CC[C@H](OCCN2CCN(CC(=O)Nc3cc(C4CCC(=O)NC4=O)ccn3)[C@@H](C(F)(F)F)C2)CC1. The fraction of sp³-hybridized carbons (Fsp3) is 0.568. The molecule has 0 radical (unpaired) electrons. The molecule has 2 atom stereocenters. The van der Waals surface area contributed by atoms with E-state index in [-0.39, 0.29) is 80.3 Å². The normalized spacial score (nSPS) is 24.8. The topological polar surface area (TPSA) is 164 Å². The number of carbonyl (C=O) groups excluding carboxylic acids is 4. The lowest BCUT2D eigenvalue weighted by molar-refractivity contribution is -0.197. The lowest BCUT2D eigenvalue weighted by Crippen LogP contribution is -2.60. The Labute approximate surface area is 334 Å². The second kappa shape index (κ2) is 16.8. The third-order valence-electron chi connectivity index (χ3n) is 11.0. The van der Waals surface area contributed by atoms with E-state index in [0.29, 0.717) is 37.3 Å². The molecule has 3 saturated heterocycles. The number of ether oxygens (including phenoxy) is 1. The van der Waals surface area contributed by atoms with Gasteiger partial charge in [0.1, 0.15) is 23.5 Å². The van der Waals surface area contributed by atoms with Gasteiger partial charge < -0.3 is 15.0 Å². The van der Waals surface area contributed by atoms with Crippen LogP contribution in [0, 0.1) is 11.3 Å². The van der Waals surface area contributed by atoms with Crippen molar-refractivity contribution in [2.75, 3.05) is 49.5 Å². The van der Waals surface area contributed by atoms with Crippen LogP contribution in [0.25, 0.3) is 0 Å². The van der Waals surface area contributed by atoms with Gasteiger partial charge in [-0.3, -0.25) is 39.2 Å². The number of nitriles is 1. The molecule has 58 heavy (non-hydrogen) atoms. The van der Waals surface area contributed by atoms with Gasteiger partial charge in [0, 0.05) is 44.8 Å². The Bertz CT molecular complexity index is 1980. The summed E-state index contributed by atoms with van der Waals surface area (Å²) < 4.78 is 89.9. The van der Waals surface area contributed by atoms with Crippen molar-refractivity contribution < 1.29 is 50.3 Å². The molecule has 2 aromatic rings. The molecule has 0 aromatic carbocycles. The van der Waals surface area contributed by atoms with Crippen LogP contribution in [0.3, 0.4) is 0 Å². The van der Waals surface area contributed by atoms with E-state index in [4.69, 9.17) is 22.2 Å². The number of alkyl halides is 6. The Balaban J connectivity index is 0.982. The first-order valence-corrected chi connectivity index (χ1v) is 19.1. The molecule has 6 rings (SSSR count). The number of pyridine rings is 2. The first-order chi connectivity index (χ1) is 27.3. The number of rotatable bonds is 10. The van der Waals surface area contributed by atoms with Gasteiger partial charge in [0.2, 0.25) is 17.7 Å². The van der Waals surface area contributed by atoms with Gasteiger partial charge in [-0.25, -0.2) is 9.97 Å². The average Bonchev–Trinajstić information content (AvgIpc) is 3.33. The van der Waals surface area contributed by atoms with Gasteiger partial charge in [0.05, 0.1) is 42.6 Å². The summed E-state index contributed by atoms with van der Waals surface area (Å²) in [6.07, 6.45) is -4.75. The molecule has 312 valence electrons. The standard InChI is InChI=1S/C37H41F6N9O5S/c1-35(2)33(56)51(23-16-26(36(38,39)40)27(17-44)46-18-23)34(58)52(35)22-3-5-24(6-4-22)57-14-13-49-11-12-50(28(19-49)37(41,42)43)20-31(54)47-29-15-21(9-10-45-29)25-7-8-30(53)48-32(25)55/h9-10,15-16,18,22,24-25,28H,3-8,11-14,19-20H2,1-2H3,(H,45,47,54)(H,48,53,55)/t22-,24-,25?,28-/m1/s1. The Morgan fingerprint density at radius 2 is 1.79 bits per heavy atom. The van der Waals surface area contributed by atoms with Gasteiger partial charge in [-0.15, -0.1) is 0 Å². The van der Waals surface area contributed by atoms with Crippen LogP contribution in [0.2, 0.25) is 0 Å². The van der Waals surface area contributed by atoms with Gasteiger partial charge in [0.25, 0.3) is 5.91 Å². The number of nitrogens with zero attached hydrogens (tertiary/aromatic N) is 7. The first kappa shape index (κ1) is 42.8. The summed E-state index contributed by atoms with van der Waals surface area (Å²) in [5.41, 5.74) is -2.97. The zero-order valence-corrected chi connectivity index (χ0v) is 32.3. The molecule has 21 heteroatoms. The molecule has 1 unspecified atom stereocenters. The summed E-state index contributed by atoms with van der Waals surface area (Å²) in [7, 11) is 0. The maximum atomic E-state index is 14.3. The molecule has 4 aliphatic rings. The van der Waals surface area contributed by atoms with Crippen LogP contribution in [0.15, 0.2) is 30.6 Å². The molecule has 14 nitrogen and oxygen atoms in total. The number of carbonyl (C=O) groups is 4. The molecule has 1 saturated carbocycles. The van der Waals surface area contributed by atoms with Crippen molar-refractivity contribution in [3.05, 3.63) is 47.4 Å². The zero-order chi connectivity index (χ0) is 42.2. The number of nitrogens with one attached hydrogen (secondary N) is 2. The van der Waals surface area contributed by atoms with Crippen LogP contribution < -0.4 is 15.5 Å². The maximum Gasteiger partial charge on any atom is 0.419 e. The summed E-state index contributed by atoms with van der Waals surface area (Å²) in [5, 5.41) is 13.9. The number of hydrogen-bond acceptors (Lipinski definition) is 11. The number of aromatic nitrogens is 2. The summed E-state index contributed by atoms with van der Waals surface area (Å²) in [4.78, 5) is 63.4. The summed E-state index contributed by atoms with van der Waals surface area (Å²) in [5.74, 6) is -2.64. The molecule has 4 amide bonds. The minimum Gasteiger partial charge on any atom is -0.377 e. The van der Waals surface area contributed by atoms with E-state index in [1.165, 1.54) is 18.3 Å². The Kier molecular flexibility index (Phi) is 12.4. The Morgan fingerprint density at radius 1 is 1.07 bits per heavy atom. The minimum atomic E-state index is -4.88. The van der Waals surface area contributed by atoms with Crippen molar-refractivity contribution in [2.24, 2.45) is 0 Å². The number of hydrogen-bond donors (Lipinski definition) is 2. The van der Waals surface area contributed by atoms with Crippen LogP contribution >= 0.6 is 12.2 Å². The van der Waals surface area contributed by atoms with Crippen LogP contribution in [-0.4, -0.2) is 123 Å². The van der Waals surface area contributed by atoms with Crippen molar-refractivity contribution >= 4 is 52.5 Å². The van der Waals surface area contributed by atoms with E-state index >= 15 is 0 Å². The summed E-state index contributed by atoms with van der Waals surface area (Å²) >= 11 is 5.64. The third kappa shape index (κ3) is 9.24. The summed E-state index contributed by atoms with van der Waals surface area (Å²) in [6, 6.07) is 3.00. The number of imide groups is 1. The number of piperazine rings is 1. The third-order valence-corrected chi connectivity index (χ3v) is 11.4. The molecule has 1 aliphatic carbocycles. The Morgan fingerprint density at radius 3 is 2.45 bits per heavy atom. The molecular formula is C37H41F6N9O5S. The number of piperidine rings is 1. The smallest absolute Gasteiger partial charge is 0.377 e. The van der Waals surface area contributed by atoms with E-state index in [2.05, 4.69) is 20.6 Å². The molecule has 0 spiro atoms. The molecule has 3 aliphatic heterocycles. The Hall–Kier alpha value is -4.78. The summed E-state index contributed by atoms with van der Waals surface area (Å²) in [6.45, 7) is 2.94. The second-order valence-corrected chi connectivity index (χ2v) is 15.6. The molecular weight excluding hydrogens is 797 g/mol. The van der Waals surface area contributed by atoms with Crippen LogP contribution in [0.4, 0.5) is 37.8 Å².